The second kappa shape index (κ2) is 6.67. The number of nitrogens with one attached hydrogen (secondary N) is 1. The van der Waals surface area contributed by atoms with E-state index in [1.807, 2.05) is 0 Å². The predicted octanol–water partition coefficient (Wildman–Crippen LogP) is 1.49. The SMILES string of the molecule is COC(=O)c1ccc(N2C(=O)CC(NCc3ccco3)C2=O)cc1. The molecule has 0 saturated carbocycles. The molecule has 2 aromatic rings. The van der Waals surface area contributed by atoms with Crippen molar-refractivity contribution < 1.29 is 23.5 Å². The highest BCUT2D eigenvalue weighted by Crippen LogP contribution is 2.23. The van der Waals surface area contributed by atoms with E-state index in [1.54, 1.807) is 30.5 Å². The first kappa shape index (κ1) is 15.9. The summed E-state index contributed by atoms with van der Waals surface area (Å²) >= 11 is 0. The van der Waals surface area contributed by atoms with Gasteiger partial charge in [0.25, 0.3) is 5.91 Å². The largest absolute Gasteiger partial charge is 0.468 e. The predicted molar refractivity (Wildman–Crippen MR) is 84.2 cm³/mol. The van der Waals surface area contributed by atoms with Crippen LogP contribution in [0.15, 0.2) is 47.1 Å². The van der Waals surface area contributed by atoms with Crippen molar-refractivity contribution in [3.05, 3.63) is 54.0 Å². The first-order valence-corrected chi connectivity index (χ1v) is 7.41. The van der Waals surface area contributed by atoms with E-state index < -0.39 is 12.0 Å². The minimum atomic E-state index is -0.595. The Kier molecular flexibility index (Phi) is 4.43. The lowest BCUT2D eigenvalue weighted by Gasteiger charge is -2.15. The second-order valence-corrected chi connectivity index (χ2v) is 5.32. The third-order valence-electron chi connectivity index (χ3n) is 3.80. The number of furan rings is 1. The molecule has 1 aromatic carbocycles. The van der Waals surface area contributed by atoms with Gasteiger partial charge in [0, 0.05) is 0 Å². The number of imide groups is 1. The summed E-state index contributed by atoms with van der Waals surface area (Å²) in [5.41, 5.74) is 0.785. The number of hydrogen-bond acceptors (Lipinski definition) is 6. The van der Waals surface area contributed by atoms with Crippen LogP contribution in [0, 0.1) is 0 Å². The van der Waals surface area contributed by atoms with Gasteiger partial charge in [0.05, 0.1) is 43.6 Å². The van der Waals surface area contributed by atoms with Crippen LogP contribution in [-0.2, 0) is 20.9 Å². The van der Waals surface area contributed by atoms with Crippen LogP contribution in [0.3, 0.4) is 0 Å². The van der Waals surface area contributed by atoms with E-state index in [4.69, 9.17) is 4.42 Å². The molecule has 1 unspecified atom stereocenters. The summed E-state index contributed by atoms with van der Waals surface area (Å²) in [6.45, 7) is 0.367. The molecule has 0 bridgehead atoms. The standard InChI is InChI=1S/C17H16N2O5/c1-23-17(22)11-4-6-12(7-5-11)19-15(20)9-14(16(19)21)18-10-13-3-2-8-24-13/h2-8,14,18H,9-10H2,1H3. The van der Waals surface area contributed by atoms with E-state index in [2.05, 4.69) is 10.1 Å². The highest BCUT2D eigenvalue weighted by Gasteiger charge is 2.39. The van der Waals surface area contributed by atoms with Crippen LogP contribution in [0.4, 0.5) is 5.69 Å². The molecule has 1 aromatic heterocycles. The van der Waals surface area contributed by atoms with Crippen LogP contribution in [0.1, 0.15) is 22.5 Å². The van der Waals surface area contributed by atoms with Crippen LogP contribution in [0.2, 0.25) is 0 Å². The maximum atomic E-state index is 12.5. The van der Waals surface area contributed by atoms with E-state index in [0.29, 0.717) is 23.6 Å². The number of hydrogen-bond donors (Lipinski definition) is 1. The summed E-state index contributed by atoms with van der Waals surface area (Å²) in [4.78, 5) is 37.2. The van der Waals surface area contributed by atoms with Gasteiger partial charge in [-0.15, -0.1) is 0 Å². The fraction of sp³-hybridized carbons (Fsp3) is 0.235. The van der Waals surface area contributed by atoms with Crippen LogP contribution >= 0.6 is 0 Å². The number of rotatable bonds is 5. The van der Waals surface area contributed by atoms with E-state index in [-0.39, 0.29) is 18.2 Å². The maximum Gasteiger partial charge on any atom is 0.337 e. The number of amides is 2. The molecule has 2 heterocycles. The smallest absolute Gasteiger partial charge is 0.337 e. The summed E-state index contributed by atoms with van der Waals surface area (Å²) < 4.78 is 9.82. The summed E-state index contributed by atoms with van der Waals surface area (Å²) in [6.07, 6.45) is 1.63. The molecule has 124 valence electrons. The van der Waals surface area contributed by atoms with Gasteiger partial charge in [0.1, 0.15) is 5.76 Å². The third-order valence-corrected chi connectivity index (χ3v) is 3.80. The number of benzene rings is 1. The molecule has 2 amide bonds. The van der Waals surface area contributed by atoms with Crippen LogP contribution in [0.5, 0.6) is 0 Å². The highest BCUT2D eigenvalue weighted by molar-refractivity contribution is 6.22. The fourth-order valence-corrected chi connectivity index (χ4v) is 2.56. The number of carbonyl (C=O) groups is 3. The minimum Gasteiger partial charge on any atom is -0.468 e. The van der Waals surface area contributed by atoms with E-state index >= 15 is 0 Å². The van der Waals surface area contributed by atoms with Crippen LogP contribution in [0.25, 0.3) is 0 Å². The molecule has 0 radical (unpaired) electrons. The number of anilines is 1. The van der Waals surface area contributed by atoms with Crippen molar-refractivity contribution in [2.45, 2.75) is 19.0 Å². The van der Waals surface area contributed by atoms with Crippen molar-refractivity contribution >= 4 is 23.5 Å². The Morgan fingerprint density at radius 3 is 2.67 bits per heavy atom. The van der Waals surface area contributed by atoms with Crippen molar-refractivity contribution in [3.63, 3.8) is 0 Å². The molecular weight excluding hydrogens is 312 g/mol. The summed E-state index contributed by atoms with van der Waals surface area (Å²) in [5.74, 6) is -0.394. The van der Waals surface area contributed by atoms with Gasteiger partial charge in [-0.25, -0.2) is 9.69 Å². The van der Waals surface area contributed by atoms with Crippen LogP contribution < -0.4 is 10.2 Å². The third kappa shape index (κ3) is 3.07. The van der Waals surface area contributed by atoms with Gasteiger partial charge in [-0.3, -0.25) is 14.9 Å². The zero-order valence-corrected chi connectivity index (χ0v) is 13.0. The normalized spacial score (nSPS) is 17.4. The molecule has 1 N–H and O–H groups in total. The highest BCUT2D eigenvalue weighted by atomic mass is 16.5. The van der Waals surface area contributed by atoms with Crippen LogP contribution in [-0.4, -0.2) is 30.9 Å². The Hall–Kier alpha value is -2.93. The number of carbonyl (C=O) groups excluding carboxylic acids is 3. The second-order valence-electron chi connectivity index (χ2n) is 5.32. The van der Waals surface area contributed by atoms with Crippen molar-refractivity contribution in [1.29, 1.82) is 0 Å². The maximum absolute atomic E-state index is 12.5. The number of nitrogens with zero attached hydrogens (tertiary/aromatic N) is 1. The topological polar surface area (TPSA) is 88.8 Å². The summed E-state index contributed by atoms with van der Waals surface area (Å²) in [6, 6.07) is 9.10. The van der Waals surface area contributed by atoms with Gasteiger partial charge >= 0.3 is 5.97 Å². The van der Waals surface area contributed by atoms with Gasteiger partial charge in [0.2, 0.25) is 5.91 Å². The molecule has 1 saturated heterocycles. The monoisotopic (exact) mass is 328 g/mol. The lowest BCUT2D eigenvalue weighted by Crippen LogP contribution is -2.38. The van der Waals surface area contributed by atoms with Gasteiger partial charge in [0.15, 0.2) is 0 Å². The molecule has 24 heavy (non-hydrogen) atoms. The van der Waals surface area contributed by atoms with Gasteiger partial charge in [-0.2, -0.15) is 0 Å². The molecule has 0 spiro atoms. The van der Waals surface area contributed by atoms with E-state index in [0.717, 1.165) is 4.90 Å². The zero-order valence-electron chi connectivity index (χ0n) is 13.0. The Bertz CT molecular complexity index is 752. The van der Waals surface area contributed by atoms with Crippen molar-refractivity contribution in [2.24, 2.45) is 0 Å². The van der Waals surface area contributed by atoms with E-state index in [1.165, 1.54) is 19.2 Å². The van der Waals surface area contributed by atoms with Gasteiger partial charge < -0.3 is 9.15 Å². The molecule has 7 nitrogen and oxygen atoms in total. The number of methoxy groups -OCH3 is 1. The van der Waals surface area contributed by atoms with E-state index in [9.17, 15) is 14.4 Å². The number of esters is 1. The molecule has 7 heteroatoms. The first-order valence-electron chi connectivity index (χ1n) is 7.41. The molecule has 1 atom stereocenters. The van der Waals surface area contributed by atoms with Crippen molar-refractivity contribution in [1.82, 2.24) is 5.32 Å². The summed E-state index contributed by atoms with van der Waals surface area (Å²) in [5, 5.41) is 3.02. The fourth-order valence-electron chi connectivity index (χ4n) is 2.56. The molecular formula is C17H16N2O5. The molecule has 1 fully saturated rings. The Labute approximate surface area is 138 Å². The Morgan fingerprint density at radius 2 is 2.04 bits per heavy atom. The Balaban J connectivity index is 1.70. The first-order chi connectivity index (χ1) is 11.6. The lowest BCUT2D eigenvalue weighted by molar-refractivity contribution is -0.121. The molecule has 1 aliphatic rings. The zero-order chi connectivity index (χ0) is 17.1. The van der Waals surface area contributed by atoms with Crippen molar-refractivity contribution in [2.75, 3.05) is 12.0 Å². The van der Waals surface area contributed by atoms with Gasteiger partial charge in [-0.05, 0) is 36.4 Å². The molecule has 1 aliphatic heterocycles. The molecule has 0 aliphatic carbocycles. The average Bonchev–Trinajstić information content (AvgIpc) is 3.20. The van der Waals surface area contributed by atoms with Gasteiger partial charge in [-0.1, -0.05) is 0 Å². The average molecular weight is 328 g/mol. The Morgan fingerprint density at radius 1 is 1.29 bits per heavy atom. The van der Waals surface area contributed by atoms with Crippen molar-refractivity contribution in [3.8, 4) is 0 Å². The molecule has 3 rings (SSSR count). The lowest BCUT2D eigenvalue weighted by atomic mass is 10.2. The number of ether oxygens (including phenoxy) is 1. The minimum absolute atomic E-state index is 0.0816. The summed E-state index contributed by atoms with van der Waals surface area (Å²) in [7, 11) is 1.29. The quantitative estimate of drug-likeness (QED) is 0.661.